The first-order valence-electron chi connectivity index (χ1n) is 43.7. The molecule has 0 saturated carbocycles. The van der Waals surface area contributed by atoms with Crippen LogP contribution >= 0.6 is 0 Å². The molecule has 0 atom stereocenters. The Morgan fingerprint density at radius 2 is 0.645 bits per heavy atom. The molecule has 3 heterocycles. The first kappa shape index (κ1) is 116. The average Bonchev–Trinajstić information content (AvgIpc) is 1.18. The summed E-state index contributed by atoms with van der Waals surface area (Å²) in [7, 11) is 1.84. The summed E-state index contributed by atoms with van der Waals surface area (Å²) in [6.45, 7) is 110. The minimum absolute atomic E-state index is 0. The normalized spacial score (nSPS) is 15.7. The van der Waals surface area contributed by atoms with Gasteiger partial charge in [-0.2, -0.15) is 0 Å². The van der Waals surface area contributed by atoms with Crippen molar-refractivity contribution < 1.29 is 19.0 Å². The van der Waals surface area contributed by atoms with E-state index in [1.165, 1.54) is 35.1 Å². The minimum atomic E-state index is -0.689. The van der Waals surface area contributed by atoms with Gasteiger partial charge in [0, 0.05) is 50.5 Å². The van der Waals surface area contributed by atoms with E-state index in [1.54, 1.807) is 16.0 Å². The molecule has 1 amide bonds. The van der Waals surface area contributed by atoms with Crippen molar-refractivity contribution >= 4 is 12.0 Å². The van der Waals surface area contributed by atoms with Crippen molar-refractivity contribution in [3.63, 3.8) is 0 Å². The predicted molar refractivity (Wildman–Crippen MR) is 502 cm³/mol. The summed E-state index contributed by atoms with van der Waals surface area (Å²) in [5.41, 5.74) is 10.3. The fourth-order valence-electron chi connectivity index (χ4n) is 18.9. The smallest absolute Gasteiger partial charge is 0.260 e. The zero-order chi connectivity index (χ0) is 87.6. The highest BCUT2D eigenvalue weighted by Crippen LogP contribution is 2.62. The molecule has 0 spiro atoms. The Morgan fingerprint density at radius 1 is 0.318 bits per heavy atom. The summed E-state index contributed by atoms with van der Waals surface area (Å²) in [4.78, 5) is 14.5. The summed E-state index contributed by atoms with van der Waals surface area (Å²) in [5.74, 6) is 2.85. The summed E-state index contributed by atoms with van der Waals surface area (Å²) in [6.07, 6.45) is 9.47. The van der Waals surface area contributed by atoms with Gasteiger partial charge in [-0.15, -0.1) is 0 Å². The van der Waals surface area contributed by atoms with Gasteiger partial charge in [0.05, 0.1) is 12.2 Å². The lowest BCUT2D eigenvalue weighted by molar-refractivity contribution is -0.200. The summed E-state index contributed by atoms with van der Waals surface area (Å²) in [6, 6.07) is 42.3. The van der Waals surface area contributed by atoms with Crippen LogP contribution in [0.2, 0.25) is 0 Å². The molecule has 0 N–H and O–H groups in total. The number of carbonyl (C=O) groups is 1. The van der Waals surface area contributed by atoms with Crippen LogP contribution in [0.1, 0.15) is 410 Å². The van der Waals surface area contributed by atoms with Crippen molar-refractivity contribution in [2.24, 2.45) is 54.1 Å². The summed E-state index contributed by atoms with van der Waals surface area (Å²) < 4.78 is 19.0. The van der Waals surface area contributed by atoms with Crippen LogP contribution in [0, 0.1) is 54.1 Å². The lowest BCUT2D eigenvalue weighted by atomic mass is 9.51. The number of allylic oxidation sites excluding steroid dienone is 1. The average molecular weight is 1530 g/mol. The number of nitrogens with zero attached hydrogens (tertiary/aromatic N) is 1. The fraction of sp³-hybridized carbons (Fsp3) is 0.686. The van der Waals surface area contributed by atoms with Crippen LogP contribution in [-0.2, 0) is 29.1 Å². The second kappa shape index (κ2) is 48.2. The van der Waals surface area contributed by atoms with Crippen molar-refractivity contribution in [1.29, 1.82) is 0 Å². The van der Waals surface area contributed by atoms with E-state index in [0.717, 1.165) is 30.9 Å². The number of hydrogen-bond acceptors (Lipinski definition) is 4. The molecule has 10 rings (SSSR count). The maximum atomic E-state index is 12.8. The quantitative estimate of drug-likeness (QED) is 0.155. The van der Waals surface area contributed by atoms with Crippen molar-refractivity contribution in [2.45, 2.75) is 407 Å². The number of amides is 1. The molecule has 0 fully saturated rings. The van der Waals surface area contributed by atoms with Crippen LogP contribution in [0.15, 0.2) is 127 Å². The van der Waals surface area contributed by atoms with Crippen LogP contribution in [0.25, 0.3) is 6.08 Å². The SMILES string of the molecule is C.CC.CC.CC.CC.CC.CC.CC.CC.CC.CC.CC(C)(C)C1(C(C)(C)C)C=Cc2ccccc21.CC(C)(C)C1(C(C)(C)C)CCc2ccccc21.CC(C)(C)C1(C(C)(C)C)CCc2ccccc2O1.CC(C)(C)C1(C(C)(C)C)COc2ccccc21.CN1C(=O)c2ccccc2OC1(C(C)(C)C)C(C)(C)C. The van der Waals surface area contributed by atoms with Gasteiger partial charge in [-0.05, 0) is 110 Å². The molecule has 0 aromatic heterocycles. The Balaban J connectivity index is -0.000000289. The third kappa shape index (κ3) is 25.1. The number of para-hydroxylation sites is 3. The molecule has 5 aliphatic rings. The van der Waals surface area contributed by atoms with Crippen LogP contribution < -0.4 is 14.2 Å². The third-order valence-electron chi connectivity index (χ3n) is 22.0. The van der Waals surface area contributed by atoms with Crippen LogP contribution in [0.3, 0.4) is 0 Å². The largest absolute Gasteiger partial charge is 0.492 e. The Kier molecular flexibility index (Phi) is 50.6. The lowest BCUT2D eigenvalue weighted by Gasteiger charge is -2.58. The number of carbonyl (C=O) groups excluding carboxylic acids is 1. The standard InChI is InChI=1S/C17H25NO2.C17H26O.C17H26.C17H24.C16H24O.10C2H6.CH4/c1-15(2,3)17(16(4,5)6)18(7)14(19)12-10-8-9-11-13(12)20-17;1-15(2,3)17(16(4,5)6)12-11-13-9-7-8-10-14(13)18-17;2*1-15(2,3)17(16(4,5)6)12-11-13-9-7-8-10-14(13)17;1-14(2,3)16(15(4,5)6)11-17-13-10-8-7-9-12(13)16;10*1-2;/h8-11H,1-7H3;7-10H,11-12H2,1-6H3;7-10H,11-12H2,1-6H3;7-12H,1-6H3;7-10H,11H2,1-6H3;10*1-2H3;1H4. The van der Waals surface area contributed by atoms with Gasteiger partial charge in [-0.25, -0.2) is 0 Å². The monoisotopic (exact) mass is 1530 g/mol. The number of fused-ring (bicyclic) bond motifs is 5. The highest BCUT2D eigenvalue weighted by molar-refractivity contribution is 5.98. The Hall–Kier alpha value is -5.29. The molecule has 0 bridgehead atoms. The third-order valence-corrected chi connectivity index (χ3v) is 22.0. The lowest BCUT2D eigenvalue weighted by Crippen LogP contribution is -2.70. The van der Waals surface area contributed by atoms with Crippen molar-refractivity contribution in [3.05, 3.63) is 166 Å². The van der Waals surface area contributed by atoms with Gasteiger partial charge in [0.25, 0.3) is 5.91 Å². The molecule has 3 aliphatic heterocycles. The second-order valence-electron chi connectivity index (χ2n) is 37.1. The number of aryl methyl sites for hydroxylation is 2. The molecule has 5 nitrogen and oxygen atoms in total. The molecule has 2 aliphatic carbocycles. The van der Waals surface area contributed by atoms with E-state index in [4.69, 9.17) is 14.2 Å². The van der Waals surface area contributed by atoms with E-state index < -0.39 is 5.72 Å². The number of rotatable bonds is 0. The van der Waals surface area contributed by atoms with Gasteiger partial charge >= 0.3 is 0 Å². The minimum Gasteiger partial charge on any atom is -0.492 e. The van der Waals surface area contributed by atoms with Gasteiger partial charge in [-0.3, -0.25) is 4.79 Å². The first-order valence-corrected chi connectivity index (χ1v) is 43.7. The van der Waals surface area contributed by atoms with E-state index in [2.05, 4.69) is 317 Å². The van der Waals surface area contributed by atoms with Crippen molar-refractivity contribution in [1.82, 2.24) is 4.90 Å². The van der Waals surface area contributed by atoms with E-state index in [1.807, 2.05) is 170 Å². The molecule has 0 unspecified atom stereocenters. The van der Waals surface area contributed by atoms with Crippen LogP contribution in [0.4, 0.5) is 0 Å². The zero-order valence-corrected chi connectivity index (χ0v) is 82.3. The van der Waals surface area contributed by atoms with E-state index in [0.29, 0.717) is 27.6 Å². The van der Waals surface area contributed by atoms with Crippen LogP contribution in [-0.4, -0.2) is 35.8 Å². The Labute approximate surface area is 690 Å². The molecule has 5 heteroatoms. The number of hydrogen-bond donors (Lipinski definition) is 0. The maximum absolute atomic E-state index is 12.8. The summed E-state index contributed by atoms with van der Waals surface area (Å²) in [5, 5.41) is 0. The zero-order valence-electron chi connectivity index (χ0n) is 82.3. The van der Waals surface area contributed by atoms with Gasteiger partial charge < -0.3 is 19.1 Å². The topological polar surface area (TPSA) is 48.0 Å². The predicted octanol–water partition coefficient (Wildman–Crippen LogP) is 34.1. The highest BCUT2D eigenvalue weighted by atomic mass is 16.5. The number of benzene rings is 5. The molecular weight excluding hydrogens is 1340 g/mol. The van der Waals surface area contributed by atoms with Gasteiger partial charge in [-0.1, -0.05) is 463 Å². The second-order valence-corrected chi connectivity index (χ2v) is 37.1. The summed E-state index contributed by atoms with van der Waals surface area (Å²) >= 11 is 0. The van der Waals surface area contributed by atoms with E-state index in [9.17, 15) is 4.79 Å². The van der Waals surface area contributed by atoms with Crippen molar-refractivity contribution in [2.75, 3.05) is 13.7 Å². The van der Waals surface area contributed by atoms with Crippen molar-refractivity contribution in [3.8, 4) is 17.2 Å². The number of ether oxygens (including phenoxy) is 3. The van der Waals surface area contributed by atoms with Gasteiger partial charge in [0.2, 0.25) is 0 Å². The molecule has 5 aromatic rings. The molecule has 5 aromatic carbocycles. The Morgan fingerprint density at radius 3 is 1.03 bits per heavy atom. The van der Waals surface area contributed by atoms with Crippen LogP contribution in [0.5, 0.6) is 17.2 Å². The van der Waals surface area contributed by atoms with E-state index >= 15 is 0 Å². The molecule has 638 valence electrons. The molecule has 0 radical (unpaired) electrons. The fourth-order valence-corrected chi connectivity index (χ4v) is 18.9. The highest BCUT2D eigenvalue weighted by Gasteiger charge is 2.61. The van der Waals surface area contributed by atoms with E-state index in [-0.39, 0.29) is 73.1 Å². The molecular formula is C105H189NO4. The molecule has 0 saturated heterocycles. The first-order chi connectivity index (χ1) is 50.3. The Bertz CT molecular complexity index is 3120. The molecule has 110 heavy (non-hydrogen) atoms. The van der Waals surface area contributed by atoms with Gasteiger partial charge in [0.1, 0.15) is 22.8 Å². The van der Waals surface area contributed by atoms with Gasteiger partial charge in [0.15, 0.2) is 5.72 Å². The maximum Gasteiger partial charge on any atom is 0.260 e.